The number of aliphatic hydroxyl groups is 1. The van der Waals surface area contributed by atoms with Gasteiger partial charge in [-0.25, -0.2) is 4.98 Å². The number of amides is 1. The van der Waals surface area contributed by atoms with Crippen molar-refractivity contribution in [3.8, 4) is 11.5 Å². The van der Waals surface area contributed by atoms with Crippen LogP contribution in [0, 0.1) is 12.3 Å². The van der Waals surface area contributed by atoms with Gasteiger partial charge in [-0.05, 0) is 43.0 Å². The van der Waals surface area contributed by atoms with E-state index in [0.29, 0.717) is 35.7 Å². The van der Waals surface area contributed by atoms with E-state index in [-0.39, 0.29) is 17.9 Å². The lowest BCUT2D eigenvalue weighted by molar-refractivity contribution is 0.0927. The van der Waals surface area contributed by atoms with Crippen LogP contribution in [0.2, 0.25) is 0 Å². The molecule has 0 saturated carbocycles. The molecule has 0 atom stereocenters. The summed E-state index contributed by atoms with van der Waals surface area (Å²) in [5, 5.41) is 11.9. The van der Waals surface area contributed by atoms with E-state index in [4.69, 9.17) is 9.52 Å². The van der Waals surface area contributed by atoms with Crippen LogP contribution in [0.25, 0.3) is 11.5 Å². The summed E-state index contributed by atoms with van der Waals surface area (Å²) in [5.74, 6) is 0.529. The van der Waals surface area contributed by atoms with Crippen LogP contribution in [0.3, 0.4) is 0 Å². The van der Waals surface area contributed by atoms with E-state index in [9.17, 15) is 4.79 Å². The van der Waals surface area contributed by atoms with Crippen molar-refractivity contribution in [3.63, 3.8) is 0 Å². The van der Waals surface area contributed by atoms with Crippen LogP contribution >= 0.6 is 0 Å². The largest absolute Gasteiger partial charge is 0.463 e. The minimum absolute atomic E-state index is 0.112. The third-order valence-electron chi connectivity index (χ3n) is 3.62. The fourth-order valence-corrected chi connectivity index (χ4v) is 2.17. The summed E-state index contributed by atoms with van der Waals surface area (Å²) in [7, 11) is 0. The van der Waals surface area contributed by atoms with Crippen molar-refractivity contribution in [3.05, 3.63) is 41.8 Å². The van der Waals surface area contributed by atoms with Gasteiger partial charge in [0.1, 0.15) is 5.69 Å². The molecule has 0 saturated heterocycles. The lowest BCUT2D eigenvalue weighted by Gasteiger charge is -2.24. The van der Waals surface area contributed by atoms with Gasteiger partial charge in [0.05, 0.1) is 17.5 Å². The van der Waals surface area contributed by atoms with E-state index in [1.807, 2.05) is 19.9 Å². The van der Waals surface area contributed by atoms with Gasteiger partial charge < -0.3 is 14.8 Å². The number of carbonyl (C=O) groups excluding carboxylic acids is 1. The number of carbonyl (C=O) groups is 1. The van der Waals surface area contributed by atoms with E-state index in [2.05, 4.69) is 10.3 Å². The first-order valence-electron chi connectivity index (χ1n) is 7.33. The van der Waals surface area contributed by atoms with Crippen LogP contribution in [0.1, 0.15) is 36.3 Å². The Bertz CT molecular complexity index is 633. The fraction of sp³-hybridized carbons (Fsp3) is 0.412. The lowest BCUT2D eigenvalue weighted by Crippen LogP contribution is -2.35. The quantitative estimate of drug-likeness (QED) is 0.860. The highest BCUT2D eigenvalue weighted by molar-refractivity contribution is 5.95. The smallest absolute Gasteiger partial charge is 0.253 e. The van der Waals surface area contributed by atoms with Crippen molar-refractivity contribution in [2.75, 3.05) is 13.2 Å². The van der Waals surface area contributed by atoms with E-state index in [1.54, 1.807) is 31.4 Å². The molecule has 0 unspecified atom stereocenters. The minimum Gasteiger partial charge on any atom is -0.463 e. The van der Waals surface area contributed by atoms with E-state index in [1.165, 1.54) is 0 Å². The molecule has 1 amide bonds. The third-order valence-corrected chi connectivity index (χ3v) is 3.62. The van der Waals surface area contributed by atoms with Crippen molar-refractivity contribution in [1.82, 2.24) is 10.3 Å². The molecular weight excluding hydrogens is 280 g/mol. The highest BCUT2D eigenvalue weighted by atomic mass is 16.3. The normalized spacial score (nSPS) is 11.5. The van der Waals surface area contributed by atoms with Crippen LogP contribution < -0.4 is 5.32 Å². The van der Waals surface area contributed by atoms with Gasteiger partial charge in [-0.2, -0.15) is 0 Å². The van der Waals surface area contributed by atoms with Crippen LogP contribution in [-0.2, 0) is 0 Å². The van der Waals surface area contributed by atoms with Crippen molar-refractivity contribution >= 4 is 5.91 Å². The zero-order chi connectivity index (χ0) is 16.2. The van der Waals surface area contributed by atoms with Crippen LogP contribution in [0.15, 0.2) is 34.9 Å². The first-order valence-corrected chi connectivity index (χ1v) is 7.33. The molecule has 0 spiro atoms. The number of hydrogen-bond acceptors (Lipinski definition) is 4. The molecule has 0 aromatic carbocycles. The molecule has 2 aromatic rings. The molecule has 118 valence electrons. The number of aromatic nitrogens is 1. The maximum atomic E-state index is 12.3. The standard InChI is InChI=1S/C17H22N2O3/c1-12-13(16(21)18-11-17(2,3)8-9-20)6-7-14(19-12)15-5-4-10-22-15/h4-7,10,20H,8-9,11H2,1-3H3,(H,18,21). The highest BCUT2D eigenvalue weighted by Crippen LogP contribution is 2.20. The lowest BCUT2D eigenvalue weighted by atomic mass is 9.89. The molecule has 5 nitrogen and oxygen atoms in total. The van der Waals surface area contributed by atoms with Crippen molar-refractivity contribution in [2.24, 2.45) is 5.41 Å². The molecule has 0 fully saturated rings. The molecule has 0 aliphatic heterocycles. The SMILES string of the molecule is Cc1nc(-c2ccco2)ccc1C(=O)NCC(C)(C)CCO. The predicted octanol–water partition coefficient (Wildman–Crippen LogP) is 2.79. The molecule has 0 bridgehead atoms. The molecule has 5 heteroatoms. The zero-order valence-corrected chi connectivity index (χ0v) is 13.2. The monoisotopic (exact) mass is 302 g/mol. The summed E-state index contributed by atoms with van der Waals surface area (Å²) in [6, 6.07) is 7.17. The number of hydrogen-bond donors (Lipinski definition) is 2. The molecule has 22 heavy (non-hydrogen) atoms. The highest BCUT2D eigenvalue weighted by Gasteiger charge is 2.19. The summed E-state index contributed by atoms with van der Waals surface area (Å²) in [6.45, 7) is 6.44. The number of aryl methyl sites for hydroxylation is 1. The third kappa shape index (κ3) is 3.95. The minimum atomic E-state index is -0.151. The van der Waals surface area contributed by atoms with Crippen molar-refractivity contribution in [1.29, 1.82) is 0 Å². The molecule has 0 aliphatic rings. The van der Waals surface area contributed by atoms with Crippen molar-refractivity contribution in [2.45, 2.75) is 27.2 Å². The summed E-state index contributed by atoms with van der Waals surface area (Å²) in [6.07, 6.45) is 2.23. The fourth-order valence-electron chi connectivity index (χ4n) is 2.17. The Morgan fingerprint density at radius 3 is 2.73 bits per heavy atom. The second-order valence-corrected chi connectivity index (χ2v) is 6.13. The van der Waals surface area contributed by atoms with Gasteiger partial charge in [0.25, 0.3) is 5.91 Å². The number of nitrogens with one attached hydrogen (secondary N) is 1. The first kappa shape index (κ1) is 16.2. The summed E-state index contributed by atoms with van der Waals surface area (Å²) >= 11 is 0. The predicted molar refractivity (Wildman–Crippen MR) is 84.5 cm³/mol. The van der Waals surface area contributed by atoms with Gasteiger partial charge in [-0.15, -0.1) is 0 Å². The average Bonchev–Trinajstić information content (AvgIpc) is 2.99. The van der Waals surface area contributed by atoms with E-state index < -0.39 is 0 Å². The Labute approximate surface area is 130 Å². The van der Waals surface area contributed by atoms with Crippen LogP contribution in [-0.4, -0.2) is 29.1 Å². The molecule has 2 N–H and O–H groups in total. The Balaban J connectivity index is 2.07. The summed E-state index contributed by atoms with van der Waals surface area (Å²) < 4.78 is 5.31. The number of nitrogens with zero attached hydrogens (tertiary/aromatic N) is 1. The topological polar surface area (TPSA) is 75.4 Å². The zero-order valence-electron chi connectivity index (χ0n) is 13.2. The first-order chi connectivity index (χ1) is 10.4. The van der Waals surface area contributed by atoms with Crippen LogP contribution in [0.4, 0.5) is 0 Å². The second kappa shape index (κ2) is 6.75. The van der Waals surface area contributed by atoms with Crippen molar-refractivity contribution < 1.29 is 14.3 Å². The van der Waals surface area contributed by atoms with Gasteiger partial charge in [0.2, 0.25) is 0 Å². The number of furan rings is 1. The molecule has 2 heterocycles. The molecule has 0 radical (unpaired) electrons. The summed E-state index contributed by atoms with van der Waals surface area (Å²) in [5.41, 5.74) is 1.78. The molecule has 2 rings (SSSR count). The number of pyridine rings is 1. The van der Waals surface area contributed by atoms with Gasteiger partial charge in [0, 0.05) is 13.2 Å². The van der Waals surface area contributed by atoms with Gasteiger partial charge in [-0.1, -0.05) is 13.8 Å². The second-order valence-electron chi connectivity index (χ2n) is 6.13. The maximum absolute atomic E-state index is 12.3. The Hall–Kier alpha value is -2.14. The number of rotatable bonds is 6. The van der Waals surface area contributed by atoms with Gasteiger partial charge in [0.15, 0.2) is 5.76 Å². The van der Waals surface area contributed by atoms with E-state index >= 15 is 0 Å². The average molecular weight is 302 g/mol. The Morgan fingerprint density at radius 2 is 2.14 bits per heavy atom. The molecule has 2 aromatic heterocycles. The summed E-state index contributed by atoms with van der Waals surface area (Å²) in [4.78, 5) is 16.7. The molecular formula is C17H22N2O3. The Kier molecular flexibility index (Phi) is 4.98. The number of aliphatic hydroxyl groups excluding tert-OH is 1. The van der Waals surface area contributed by atoms with Gasteiger partial charge in [-0.3, -0.25) is 4.79 Å². The molecule has 0 aliphatic carbocycles. The maximum Gasteiger partial charge on any atom is 0.253 e. The van der Waals surface area contributed by atoms with Crippen LogP contribution in [0.5, 0.6) is 0 Å². The Morgan fingerprint density at radius 1 is 1.36 bits per heavy atom. The van der Waals surface area contributed by atoms with E-state index in [0.717, 1.165) is 0 Å². The van der Waals surface area contributed by atoms with Gasteiger partial charge >= 0.3 is 0 Å².